The van der Waals surface area contributed by atoms with Crippen LogP contribution in [0, 0.1) is 5.92 Å². The summed E-state index contributed by atoms with van der Waals surface area (Å²) in [4.78, 5) is 11.2. The molecule has 3 nitrogen and oxygen atoms in total. The molecule has 0 aromatic rings. The van der Waals surface area contributed by atoms with Gasteiger partial charge in [-0.25, -0.2) is 4.31 Å². The first-order chi connectivity index (χ1) is 5.77. The van der Waals surface area contributed by atoms with Gasteiger partial charge in [-0.2, -0.15) is 0 Å². The van der Waals surface area contributed by atoms with E-state index >= 15 is 0 Å². The molecule has 5 heteroatoms. The van der Waals surface area contributed by atoms with E-state index in [0.29, 0.717) is 6.61 Å². The second-order valence-electron chi connectivity index (χ2n) is 2.69. The lowest BCUT2D eigenvalue weighted by molar-refractivity contribution is -0.147. The second kappa shape index (κ2) is 5.29. The Labute approximate surface area is 88.9 Å². The Morgan fingerprint density at radius 3 is 3.08 bits per heavy atom. The molecule has 1 aliphatic rings. The van der Waals surface area contributed by atoms with Crippen LogP contribution in [0.4, 0.5) is 0 Å². The van der Waals surface area contributed by atoms with Gasteiger partial charge >= 0.3 is 5.97 Å². The third-order valence-corrected chi connectivity index (χ3v) is 4.07. The van der Waals surface area contributed by atoms with Crippen molar-refractivity contribution >= 4 is 36.3 Å². The van der Waals surface area contributed by atoms with Gasteiger partial charge < -0.3 is 4.74 Å². The van der Waals surface area contributed by atoms with E-state index in [1.165, 1.54) is 0 Å². The summed E-state index contributed by atoms with van der Waals surface area (Å²) in [5, 5.41) is 0. The Bertz CT molecular complexity index is 167. The molecule has 0 N–H and O–H groups in total. The molecular weight excluding hydrogens is 289 g/mol. The van der Waals surface area contributed by atoms with Gasteiger partial charge in [0.05, 0.1) is 12.5 Å². The van der Waals surface area contributed by atoms with Crippen LogP contribution in [0.25, 0.3) is 0 Å². The zero-order chi connectivity index (χ0) is 8.97. The monoisotopic (exact) mass is 301 g/mol. The molecule has 1 atom stereocenters. The van der Waals surface area contributed by atoms with Crippen LogP contribution in [-0.2, 0) is 9.53 Å². The van der Waals surface area contributed by atoms with Crippen molar-refractivity contribution in [2.75, 3.05) is 19.7 Å². The maximum Gasteiger partial charge on any atom is 0.310 e. The number of carbonyl (C=O) groups excluding carboxylic acids is 1. The van der Waals surface area contributed by atoms with Crippen molar-refractivity contribution < 1.29 is 9.53 Å². The van der Waals surface area contributed by atoms with Gasteiger partial charge in [0.25, 0.3) is 0 Å². The molecule has 0 aliphatic carbocycles. The number of hydrogen-bond acceptors (Lipinski definition) is 4. The van der Waals surface area contributed by atoms with E-state index in [1.807, 2.05) is 6.92 Å². The molecule has 1 unspecified atom stereocenters. The predicted octanol–water partition coefficient (Wildman–Crippen LogP) is 1.87. The number of carbonyl (C=O) groups is 1. The third kappa shape index (κ3) is 2.77. The van der Waals surface area contributed by atoms with E-state index < -0.39 is 0 Å². The second-order valence-corrected chi connectivity index (χ2v) is 4.53. The molecule has 1 heterocycles. The van der Waals surface area contributed by atoms with Crippen molar-refractivity contribution in [1.29, 1.82) is 0 Å². The van der Waals surface area contributed by atoms with E-state index in [9.17, 15) is 4.79 Å². The minimum Gasteiger partial charge on any atom is -0.466 e. The number of esters is 1. The highest BCUT2D eigenvalue weighted by molar-refractivity contribution is 14.2. The molecule has 0 bridgehead atoms. The summed E-state index contributed by atoms with van der Waals surface area (Å²) >= 11 is 2.23. The van der Waals surface area contributed by atoms with E-state index in [4.69, 9.17) is 4.74 Å². The first kappa shape index (κ1) is 10.6. The summed E-state index contributed by atoms with van der Waals surface area (Å²) in [6, 6.07) is 0. The summed E-state index contributed by atoms with van der Waals surface area (Å²) in [6.07, 6.45) is 0.939. The summed E-state index contributed by atoms with van der Waals surface area (Å²) in [5.41, 5.74) is 0. The molecule has 0 saturated carbocycles. The molecule has 0 spiro atoms. The SMILES string of the molecule is CCOC(=O)C1CCN(SI)C1. The molecule has 1 aliphatic heterocycles. The fourth-order valence-electron chi connectivity index (χ4n) is 1.24. The molecule has 0 aromatic carbocycles. The van der Waals surface area contributed by atoms with Crippen LogP contribution in [0.3, 0.4) is 0 Å². The zero-order valence-corrected chi connectivity index (χ0v) is 9.93. The van der Waals surface area contributed by atoms with Crippen LogP contribution < -0.4 is 0 Å². The third-order valence-electron chi connectivity index (χ3n) is 1.87. The standard InChI is InChI=1S/C7H12INO2S/c1-2-11-7(10)6-3-4-9(5-6)12-8/h6H,2-5H2,1H3. The normalized spacial score (nSPS) is 24.3. The van der Waals surface area contributed by atoms with E-state index in [0.717, 1.165) is 19.5 Å². The van der Waals surface area contributed by atoms with Gasteiger partial charge in [-0.15, -0.1) is 0 Å². The maximum atomic E-state index is 11.2. The van der Waals surface area contributed by atoms with E-state index in [2.05, 4.69) is 25.5 Å². The van der Waals surface area contributed by atoms with Crippen molar-refractivity contribution in [2.24, 2.45) is 5.92 Å². The summed E-state index contributed by atoms with van der Waals surface area (Å²) in [6.45, 7) is 4.17. The largest absolute Gasteiger partial charge is 0.466 e. The van der Waals surface area contributed by atoms with E-state index in [1.54, 1.807) is 9.12 Å². The Kier molecular flexibility index (Phi) is 4.66. The van der Waals surface area contributed by atoms with Crippen LogP contribution >= 0.6 is 30.3 Å². The van der Waals surface area contributed by atoms with Crippen LogP contribution in [0.2, 0.25) is 0 Å². The van der Waals surface area contributed by atoms with Crippen LogP contribution in [0.5, 0.6) is 0 Å². The average Bonchev–Trinajstić information content (AvgIpc) is 2.52. The lowest BCUT2D eigenvalue weighted by Gasteiger charge is -2.09. The molecule has 0 aromatic heterocycles. The molecular formula is C7H12INO2S. The van der Waals surface area contributed by atoms with Gasteiger partial charge in [0.1, 0.15) is 0 Å². The smallest absolute Gasteiger partial charge is 0.310 e. The van der Waals surface area contributed by atoms with Gasteiger partial charge in [-0.3, -0.25) is 4.79 Å². The molecule has 12 heavy (non-hydrogen) atoms. The van der Waals surface area contributed by atoms with Gasteiger partial charge in [-0.05, 0) is 22.5 Å². The van der Waals surface area contributed by atoms with Crippen LogP contribution in [-0.4, -0.2) is 30.0 Å². The van der Waals surface area contributed by atoms with Gasteiger partial charge in [0, 0.05) is 34.3 Å². The predicted molar refractivity (Wildman–Crippen MR) is 57.9 cm³/mol. The van der Waals surface area contributed by atoms with E-state index in [-0.39, 0.29) is 11.9 Å². The first-order valence-corrected chi connectivity index (χ1v) is 7.29. The Hall–Kier alpha value is 0.510. The number of ether oxygens (including phenoxy) is 1. The quantitative estimate of drug-likeness (QED) is 0.452. The fourth-order valence-corrected chi connectivity index (χ4v) is 2.73. The number of nitrogens with zero attached hydrogens (tertiary/aromatic N) is 1. The highest BCUT2D eigenvalue weighted by Gasteiger charge is 2.29. The first-order valence-electron chi connectivity index (χ1n) is 3.98. The van der Waals surface area contributed by atoms with Crippen LogP contribution in [0.1, 0.15) is 13.3 Å². The van der Waals surface area contributed by atoms with Gasteiger partial charge in [0.2, 0.25) is 0 Å². The maximum absolute atomic E-state index is 11.2. The summed E-state index contributed by atoms with van der Waals surface area (Å²) in [7, 11) is 1.67. The molecule has 1 rings (SSSR count). The lowest BCUT2D eigenvalue weighted by Crippen LogP contribution is -2.20. The topological polar surface area (TPSA) is 29.5 Å². The van der Waals surface area contributed by atoms with Gasteiger partial charge in [0.15, 0.2) is 0 Å². The minimum absolute atomic E-state index is 0.0366. The van der Waals surface area contributed by atoms with Crippen LogP contribution in [0.15, 0.2) is 0 Å². The number of halogens is 1. The van der Waals surface area contributed by atoms with Crippen molar-refractivity contribution in [1.82, 2.24) is 4.31 Å². The molecule has 1 saturated heterocycles. The highest BCUT2D eigenvalue weighted by Crippen LogP contribution is 2.27. The molecule has 1 fully saturated rings. The lowest BCUT2D eigenvalue weighted by atomic mass is 10.1. The minimum atomic E-state index is -0.0366. The van der Waals surface area contributed by atoms with Gasteiger partial charge in [-0.1, -0.05) is 0 Å². The van der Waals surface area contributed by atoms with Crippen molar-refractivity contribution in [3.63, 3.8) is 0 Å². The summed E-state index contributed by atoms with van der Waals surface area (Å²) < 4.78 is 7.12. The highest BCUT2D eigenvalue weighted by atomic mass is 127. The van der Waals surface area contributed by atoms with Crippen molar-refractivity contribution in [2.45, 2.75) is 13.3 Å². The Morgan fingerprint density at radius 1 is 1.83 bits per heavy atom. The summed E-state index contributed by atoms with van der Waals surface area (Å²) in [5.74, 6) is 0.0673. The number of rotatable bonds is 3. The number of hydrogen-bond donors (Lipinski definition) is 0. The Morgan fingerprint density at radius 2 is 2.58 bits per heavy atom. The molecule has 0 amide bonds. The van der Waals surface area contributed by atoms with Crippen molar-refractivity contribution in [3.05, 3.63) is 0 Å². The molecule has 0 radical (unpaired) electrons. The average molecular weight is 301 g/mol. The molecule has 70 valence electrons. The van der Waals surface area contributed by atoms with Crippen molar-refractivity contribution in [3.8, 4) is 0 Å². The zero-order valence-electron chi connectivity index (χ0n) is 6.96. The fraction of sp³-hybridized carbons (Fsp3) is 0.857. The Balaban J connectivity index is 2.31.